The molecule has 1 fully saturated rings. The number of hydrogen-bond donors (Lipinski definition) is 0. The number of fused-ring (bicyclic) bond motifs is 1. The lowest BCUT2D eigenvalue weighted by Gasteiger charge is -2.33. The molecule has 4 rings (SSSR count). The summed E-state index contributed by atoms with van der Waals surface area (Å²) < 4.78 is 18.6. The molecule has 0 unspecified atom stereocenters. The molecule has 3 heterocycles. The van der Waals surface area contributed by atoms with Gasteiger partial charge in [-0.2, -0.15) is 0 Å². The number of piperidine rings is 1. The molecule has 1 saturated heterocycles. The first-order chi connectivity index (χ1) is 15.6. The van der Waals surface area contributed by atoms with E-state index in [0.29, 0.717) is 35.9 Å². The van der Waals surface area contributed by atoms with Crippen LogP contribution in [-0.2, 0) is 6.42 Å². The maximum atomic E-state index is 13.3. The normalized spacial score (nSPS) is 14.6. The molecule has 2 aromatic heterocycles. The van der Waals surface area contributed by atoms with E-state index in [-0.39, 0.29) is 11.9 Å². The summed E-state index contributed by atoms with van der Waals surface area (Å²) in [7, 11) is 4.63. The third-order valence-corrected chi connectivity index (χ3v) is 6.05. The standard InChI is InChI=1S/C24H30N4O4/c1-5-7-20-26-18-8-6-13-25-23(18)28(20)16-11-14-27(15-12-16)24(29)17-9-10-19(30-2)22(32-4)21(17)31-3/h6,8-10,13,16H,5,7,11-12,14-15H2,1-4H3. The number of imidazole rings is 1. The van der Waals surface area contributed by atoms with Crippen molar-refractivity contribution >= 4 is 17.1 Å². The van der Waals surface area contributed by atoms with Gasteiger partial charge in [0.1, 0.15) is 11.3 Å². The van der Waals surface area contributed by atoms with E-state index in [1.807, 2.05) is 23.2 Å². The molecule has 8 heteroatoms. The highest BCUT2D eigenvalue weighted by Crippen LogP contribution is 2.40. The maximum absolute atomic E-state index is 13.3. The molecule has 32 heavy (non-hydrogen) atoms. The van der Waals surface area contributed by atoms with Crippen LogP contribution in [0.5, 0.6) is 17.2 Å². The van der Waals surface area contributed by atoms with Gasteiger partial charge >= 0.3 is 0 Å². The van der Waals surface area contributed by atoms with E-state index in [1.54, 1.807) is 19.2 Å². The number of pyridine rings is 1. The minimum absolute atomic E-state index is 0.0661. The lowest BCUT2D eigenvalue weighted by Crippen LogP contribution is -2.39. The second-order valence-electron chi connectivity index (χ2n) is 7.90. The number of ether oxygens (including phenoxy) is 3. The number of hydrogen-bond acceptors (Lipinski definition) is 6. The molecule has 0 aliphatic carbocycles. The van der Waals surface area contributed by atoms with Crippen LogP contribution in [0.3, 0.4) is 0 Å². The summed E-state index contributed by atoms with van der Waals surface area (Å²) in [6.45, 7) is 3.47. The Morgan fingerprint density at radius 1 is 1.06 bits per heavy atom. The first kappa shape index (κ1) is 21.9. The number of methoxy groups -OCH3 is 3. The highest BCUT2D eigenvalue weighted by Gasteiger charge is 2.30. The van der Waals surface area contributed by atoms with E-state index in [0.717, 1.165) is 42.7 Å². The fraction of sp³-hybridized carbons (Fsp3) is 0.458. The smallest absolute Gasteiger partial charge is 0.257 e. The van der Waals surface area contributed by atoms with Crippen LogP contribution in [-0.4, -0.2) is 59.8 Å². The molecular formula is C24H30N4O4. The van der Waals surface area contributed by atoms with Crippen molar-refractivity contribution in [3.63, 3.8) is 0 Å². The van der Waals surface area contributed by atoms with Gasteiger partial charge in [-0.15, -0.1) is 0 Å². The van der Waals surface area contributed by atoms with Crippen molar-refractivity contribution in [1.82, 2.24) is 19.4 Å². The fourth-order valence-corrected chi connectivity index (χ4v) is 4.53. The largest absolute Gasteiger partial charge is 0.493 e. The maximum Gasteiger partial charge on any atom is 0.257 e. The van der Waals surface area contributed by atoms with Crippen molar-refractivity contribution in [2.45, 2.75) is 38.6 Å². The predicted octanol–water partition coefficient (Wildman–Crippen LogP) is 3.89. The molecule has 1 aliphatic rings. The van der Waals surface area contributed by atoms with Crippen LogP contribution >= 0.6 is 0 Å². The average molecular weight is 439 g/mol. The Balaban J connectivity index is 1.56. The fourth-order valence-electron chi connectivity index (χ4n) is 4.53. The van der Waals surface area contributed by atoms with Crippen molar-refractivity contribution in [3.8, 4) is 17.2 Å². The van der Waals surface area contributed by atoms with Gasteiger partial charge in [0.05, 0.1) is 26.9 Å². The van der Waals surface area contributed by atoms with Crippen molar-refractivity contribution in [2.24, 2.45) is 0 Å². The Hall–Kier alpha value is -3.29. The van der Waals surface area contributed by atoms with E-state index >= 15 is 0 Å². The van der Waals surface area contributed by atoms with Crippen molar-refractivity contribution in [3.05, 3.63) is 41.9 Å². The molecule has 0 bridgehead atoms. The molecular weight excluding hydrogens is 408 g/mol. The second-order valence-corrected chi connectivity index (χ2v) is 7.90. The van der Waals surface area contributed by atoms with Crippen LogP contribution in [0.2, 0.25) is 0 Å². The molecule has 1 amide bonds. The molecule has 170 valence electrons. The van der Waals surface area contributed by atoms with Gasteiger partial charge in [-0.05, 0) is 43.5 Å². The quantitative estimate of drug-likeness (QED) is 0.557. The number of carbonyl (C=O) groups excluding carboxylic acids is 1. The Morgan fingerprint density at radius 3 is 2.47 bits per heavy atom. The summed E-state index contributed by atoms with van der Waals surface area (Å²) in [4.78, 5) is 24.6. The van der Waals surface area contributed by atoms with Crippen LogP contribution in [0.4, 0.5) is 0 Å². The monoisotopic (exact) mass is 438 g/mol. The number of carbonyl (C=O) groups is 1. The molecule has 0 N–H and O–H groups in total. The van der Waals surface area contributed by atoms with E-state index in [4.69, 9.17) is 19.2 Å². The van der Waals surface area contributed by atoms with Gasteiger partial charge in [0, 0.05) is 31.7 Å². The topological polar surface area (TPSA) is 78.7 Å². The average Bonchev–Trinajstić information content (AvgIpc) is 3.20. The Kier molecular flexibility index (Phi) is 6.48. The summed E-state index contributed by atoms with van der Waals surface area (Å²) in [6.07, 6.45) is 5.45. The Bertz CT molecular complexity index is 1100. The van der Waals surface area contributed by atoms with E-state index in [9.17, 15) is 4.79 Å². The first-order valence-corrected chi connectivity index (χ1v) is 11.0. The number of nitrogens with zero attached hydrogens (tertiary/aromatic N) is 4. The van der Waals surface area contributed by atoms with Gasteiger partial charge < -0.3 is 23.7 Å². The SMILES string of the molecule is CCCc1nc2cccnc2n1C1CCN(C(=O)c2ccc(OC)c(OC)c2OC)CC1. The van der Waals surface area contributed by atoms with Crippen LogP contribution in [0.25, 0.3) is 11.2 Å². The lowest BCUT2D eigenvalue weighted by molar-refractivity contribution is 0.0691. The third-order valence-electron chi connectivity index (χ3n) is 6.05. The van der Waals surface area contributed by atoms with Gasteiger partial charge in [-0.25, -0.2) is 9.97 Å². The summed E-state index contributed by atoms with van der Waals surface area (Å²) in [5.41, 5.74) is 2.34. The second kappa shape index (κ2) is 9.46. The molecule has 8 nitrogen and oxygen atoms in total. The molecule has 3 aromatic rings. The molecule has 1 aliphatic heterocycles. The van der Waals surface area contributed by atoms with Gasteiger partial charge in [0.2, 0.25) is 5.75 Å². The number of aromatic nitrogens is 3. The van der Waals surface area contributed by atoms with Crippen LogP contribution in [0, 0.1) is 0 Å². The number of amides is 1. The minimum Gasteiger partial charge on any atom is -0.493 e. The van der Waals surface area contributed by atoms with Gasteiger partial charge in [0.15, 0.2) is 17.1 Å². The number of benzene rings is 1. The predicted molar refractivity (Wildman–Crippen MR) is 122 cm³/mol. The van der Waals surface area contributed by atoms with E-state index in [2.05, 4.69) is 16.5 Å². The van der Waals surface area contributed by atoms with E-state index in [1.165, 1.54) is 14.2 Å². The zero-order valence-corrected chi connectivity index (χ0v) is 19.1. The van der Waals surface area contributed by atoms with Crippen LogP contribution in [0.1, 0.15) is 48.4 Å². The van der Waals surface area contributed by atoms with Crippen LogP contribution in [0.15, 0.2) is 30.5 Å². The minimum atomic E-state index is -0.0661. The molecule has 0 spiro atoms. The summed E-state index contributed by atoms with van der Waals surface area (Å²) >= 11 is 0. The highest BCUT2D eigenvalue weighted by molar-refractivity contribution is 5.98. The molecule has 1 aromatic carbocycles. The highest BCUT2D eigenvalue weighted by atomic mass is 16.5. The van der Waals surface area contributed by atoms with E-state index < -0.39 is 0 Å². The lowest BCUT2D eigenvalue weighted by atomic mass is 10.0. The zero-order valence-electron chi connectivity index (χ0n) is 19.1. The molecule has 0 atom stereocenters. The van der Waals surface area contributed by atoms with Crippen molar-refractivity contribution in [2.75, 3.05) is 34.4 Å². The zero-order chi connectivity index (χ0) is 22.7. The molecule has 0 radical (unpaired) electrons. The van der Waals surface area contributed by atoms with Crippen molar-refractivity contribution < 1.29 is 19.0 Å². The summed E-state index contributed by atoms with van der Waals surface area (Å²) in [5.74, 6) is 2.36. The van der Waals surface area contributed by atoms with Crippen molar-refractivity contribution in [1.29, 1.82) is 0 Å². The summed E-state index contributed by atoms with van der Waals surface area (Å²) in [6, 6.07) is 7.68. The third kappa shape index (κ3) is 3.85. The number of aryl methyl sites for hydroxylation is 1. The summed E-state index contributed by atoms with van der Waals surface area (Å²) in [5, 5.41) is 0. The Labute approximate surface area is 188 Å². The van der Waals surface area contributed by atoms with Gasteiger partial charge in [0.25, 0.3) is 5.91 Å². The molecule has 0 saturated carbocycles. The first-order valence-electron chi connectivity index (χ1n) is 11.0. The van der Waals surface area contributed by atoms with Crippen LogP contribution < -0.4 is 14.2 Å². The number of rotatable bonds is 7. The van der Waals surface area contributed by atoms with Gasteiger partial charge in [-0.1, -0.05) is 6.92 Å². The Morgan fingerprint density at radius 2 is 1.81 bits per heavy atom. The number of likely N-dealkylation sites (tertiary alicyclic amines) is 1. The van der Waals surface area contributed by atoms with Gasteiger partial charge in [-0.3, -0.25) is 4.79 Å².